The molecule has 1 aromatic carbocycles. The van der Waals surface area contributed by atoms with E-state index in [0.29, 0.717) is 40.3 Å². The number of anilines is 1. The van der Waals surface area contributed by atoms with Crippen LogP contribution in [0.15, 0.2) is 79.7 Å². The van der Waals surface area contributed by atoms with Gasteiger partial charge >= 0.3 is 0 Å². The van der Waals surface area contributed by atoms with E-state index in [1.165, 1.54) is 11.0 Å². The summed E-state index contributed by atoms with van der Waals surface area (Å²) in [7, 11) is 0. The van der Waals surface area contributed by atoms with E-state index >= 15 is 0 Å². The van der Waals surface area contributed by atoms with Gasteiger partial charge in [0.1, 0.15) is 18.1 Å². The van der Waals surface area contributed by atoms with Crippen molar-refractivity contribution in [3.63, 3.8) is 0 Å². The molecule has 0 bridgehead atoms. The second kappa shape index (κ2) is 8.35. The van der Waals surface area contributed by atoms with Crippen LogP contribution in [0.4, 0.5) is 5.69 Å². The third kappa shape index (κ3) is 3.28. The number of allylic oxidation sites excluding steroid dienone is 6. The van der Waals surface area contributed by atoms with Gasteiger partial charge in [0.05, 0.1) is 23.4 Å². The Hall–Kier alpha value is -3.36. The van der Waals surface area contributed by atoms with Crippen LogP contribution in [0.3, 0.4) is 0 Å². The summed E-state index contributed by atoms with van der Waals surface area (Å²) in [5, 5.41) is 9.54. The highest BCUT2D eigenvalue weighted by atomic mass is 79.9. The van der Waals surface area contributed by atoms with Crippen LogP contribution >= 0.6 is 15.9 Å². The number of halogens is 1. The Kier molecular flexibility index (Phi) is 5.35. The fourth-order valence-electron chi connectivity index (χ4n) is 6.19. The van der Waals surface area contributed by atoms with Crippen LogP contribution < -0.4 is 4.90 Å². The first kappa shape index (κ1) is 23.1. The number of fused-ring (bicyclic) bond motifs is 3. The number of rotatable bonds is 3. The highest BCUT2D eigenvalue weighted by molar-refractivity contribution is 9.10. The number of benzene rings is 1. The predicted octanol–water partition coefficient (Wildman–Crippen LogP) is 4.17. The maximum Gasteiger partial charge on any atom is 0.238 e. The monoisotopic (exact) mass is 547 g/mol. The standard InChI is InChI=1S/C28H22BrNO6/c1-13-10-21(32)24-20(26(13)33)11-19-17(25(24)22-9-6-16(12-31)36-22)7-8-18-23(19)28(35)30(27(18)34)15-4-2-14(29)3-5-15/h2-7,9-10,18-19,23,25,31H,8,11-12H2,1H3. The van der Waals surface area contributed by atoms with E-state index in [9.17, 15) is 24.3 Å². The van der Waals surface area contributed by atoms with Crippen molar-refractivity contribution in [1.29, 1.82) is 0 Å². The molecule has 0 radical (unpaired) electrons. The molecule has 4 unspecified atom stereocenters. The topological polar surface area (TPSA) is 105 Å². The Morgan fingerprint density at radius 2 is 1.78 bits per heavy atom. The van der Waals surface area contributed by atoms with Gasteiger partial charge in [-0.05, 0) is 68.2 Å². The van der Waals surface area contributed by atoms with Gasteiger partial charge in [0.15, 0.2) is 11.6 Å². The maximum atomic E-state index is 13.8. The van der Waals surface area contributed by atoms with E-state index in [2.05, 4.69) is 15.9 Å². The fourth-order valence-corrected chi connectivity index (χ4v) is 6.45. The van der Waals surface area contributed by atoms with Crippen molar-refractivity contribution < 1.29 is 28.7 Å². The van der Waals surface area contributed by atoms with Crippen molar-refractivity contribution in [1.82, 2.24) is 0 Å². The van der Waals surface area contributed by atoms with Crippen molar-refractivity contribution in [2.24, 2.45) is 17.8 Å². The molecule has 4 aliphatic rings. The molecule has 2 amide bonds. The van der Waals surface area contributed by atoms with E-state index in [1.807, 2.05) is 6.08 Å². The molecule has 1 N–H and O–H groups in total. The van der Waals surface area contributed by atoms with Crippen molar-refractivity contribution in [3.8, 4) is 0 Å². The van der Waals surface area contributed by atoms with E-state index in [0.717, 1.165) is 10.0 Å². The average molecular weight is 548 g/mol. The van der Waals surface area contributed by atoms with Crippen molar-refractivity contribution in [2.45, 2.75) is 32.3 Å². The molecule has 1 saturated heterocycles. The van der Waals surface area contributed by atoms with Gasteiger partial charge in [0, 0.05) is 21.2 Å². The van der Waals surface area contributed by atoms with Crippen molar-refractivity contribution in [3.05, 3.63) is 86.8 Å². The van der Waals surface area contributed by atoms with Crippen LogP contribution in [0.5, 0.6) is 0 Å². The Morgan fingerprint density at radius 1 is 1.03 bits per heavy atom. The number of Topliss-reactive ketones (excluding diaryl/α,β-unsaturated/α-hetero) is 1. The van der Waals surface area contributed by atoms with Crippen molar-refractivity contribution >= 4 is 45.0 Å². The summed E-state index contributed by atoms with van der Waals surface area (Å²) in [5.41, 5.74) is 2.45. The molecule has 0 saturated carbocycles. The normalized spacial score (nSPS) is 27.6. The first-order valence-corrected chi connectivity index (χ1v) is 12.6. The second-order valence-electron chi connectivity index (χ2n) is 9.68. The van der Waals surface area contributed by atoms with Crippen LogP contribution in [-0.2, 0) is 25.8 Å². The molecule has 8 heteroatoms. The number of nitrogens with zero attached hydrogens (tertiary/aromatic N) is 1. The lowest BCUT2D eigenvalue weighted by molar-refractivity contribution is -0.123. The predicted molar refractivity (Wildman–Crippen MR) is 133 cm³/mol. The summed E-state index contributed by atoms with van der Waals surface area (Å²) >= 11 is 3.38. The minimum absolute atomic E-state index is 0.216. The van der Waals surface area contributed by atoms with E-state index < -0.39 is 23.7 Å². The number of amides is 2. The van der Waals surface area contributed by atoms with Crippen molar-refractivity contribution in [2.75, 3.05) is 4.90 Å². The molecule has 36 heavy (non-hydrogen) atoms. The minimum atomic E-state index is -0.648. The first-order valence-electron chi connectivity index (χ1n) is 11.8. The molecule has 4 atom stereocenters. The number of ketones is 2. The molecule has 1 fully saturated rings. The second-order valence-corrected chi connectivity index (χ2v) is 10.6. The summed E-state index contributed by atoms with van der Waals surface area (Å²) in [5.74, 6) is -2.46. The zero-order valence-electron chi connectivity index (χ0n) is 19.4. The quantitative estimate of drug-likeness (QED) is 0.351. The maximum absolute atomic E-state index is 13.8. The molecular weight excluding hydrogens is 526 g/mol. The van der Waals surface area contributed by atoms with Gasteiger partial charge in [-0.15, -0.1) is 0 Å². The number of hydrogen-bond acceptors (Lipinski definition) is 6. The van der Waals surface area contributed by atoms with Crippen LogP contribution in [0.2, 0.25) is 0 Å². The lowest BCUT2D eigenvalue weighted by Gasteiger charge is -2.41. The largest absolute Gasteiger partial charge is 0.463 e. The zero-order valence-corrected chi connectivity index (χ0v) is 20.9. The third-order valence-electron chi connectivity index (χ3n) is 7.77. The minimum Gasteiger partial charge on any atom is -0.463 e. The molecule has 2 heterocycles. The first-order chi connectivity index (χ1) is 17.3. The van der Waals surface area contributed by atoms with Crippen LogP contribution in [0, 0.1) is 17.8 Å². The summed E-state index contributed by atoms with van der Waals surface area (Å²) in [6.07, 6.45) is 3.88. The molecule has 7 nitrogen and oxygen atoms in total. The number of aliphatic hydroxyl groups is 1. The van der Waals surface area contributed by atoms with Gasteiger partial charge in [0.2, 0.25) is 11.8 Å². The van der Waals surface area contributed by atoms with Gasteiger partial charge in [-0.3, -0.25) is 24.1 Å². The third-order valence-corrected chi connectivity index (χ3v) is 8.30. The number of furan rings is 1. The highest BCUT2D eigenvalue weighted by Crippen LogP contribution is 2.55. The number of aliphatic hydroxyl groups excluding tert-OH is 1. The van der Waals surface area contributed by atoms with Gasteiger partial charge in [-0.2, -0.15) is 0 Å². The van der Waals surface area contributed by atoms with E-state index in [1.54, 1.807) is 43.3 Å². The smallest absolute Gasteiger partial charge is 0.238 e. The lowest BCUT2D eigenvalue weighted by Crippen LogP contribution is -2.39. The van der Waals surface area contributed by atoms with Gasteiger partial charge in [0.25, 0.3) is 0 Å². The Balaban J connectivity index is 1.47. The number of carbonyl (C=O) groups excluding carboxylic acids is 4. The summed E-state index contributed by atoms with van der Waals surface area (Å²) < 4.78 is 6.70. The van der Waals surface area contributed by atoms with Gasteiger partial charge in [-0.25, -0.2) is 0 Å². The SMILES string of the molecule is CC1=CC(=O)C2=C(CC3C(=CCC4C(=O)N(c5ccc(Br)cc5)C(=O)C43)C2c2ccc(CO)o2)C1=O. The van der Waals surface area contributed by atoms with Gasteiger partial charge < -0.3 is 9.52 Å². The molecule has 182 valence electrons. The van der Waals surface area contributed by atoms with Gasteiger partial charge in [-0.1, -0.05) is 27.6 Å². The van der Waals surface area contributed by atoms with E-state index in [4.69, 9.17) is 4.42 Å². The summed E-state index contributed by atoms with van der Waals surface area (Å²) in [6, 6.07) is 10.4. The van der Waals surface area contributed by atoms with Crippen LogP contribution in [0.25, 0.3) is 0 Å². The van der Waals surface area contributed by atoms with E-state index in [-0.39, 0.29) is 36.4 Å². The molecule has 3 aliphatic carbocycles. The highest BCUT2D eigenvalue weighted by Gasteiger charge is 2.57. The Labute approximate surface area is 215 Å². The Morgan fingerprint density at radius 3 is 2.47 bits per heavy atom. The molecule has 2 aromatic rings. The zero-order chi connectivity index (χ0) is 25.3. The lowest BCUT2D eigenvalue weighted by atomic mass is 9.60. The molecule has 0 spiro atoms. The Bertz CT molecular complexity index is 1440. The molecule has 1 aliphatic heterocycles. The van der Waals surface area contributed by atoms with Crippen LogP contribution in [0.1, 0.15) is 37.2 Å². The molecule has 1 aromatic heterocycles. The summed E-state index contributed by atoms with van der Waals surface area (Å²) in [6.45, 7) is 1.32. The number of imide groups is 1. The molecule has 6 rings (SSSR count). The fraction of sp³-hybridized carbons (Fsp3) is 0.286. The van der Waals surface area contributed by atoms with Crippen LogP contribution in [-0.4, -0.2) is 28.5 Å². The molecular formula is C28H22BrNO6. The summed E-state index contributed by atoms with van der Waals surface area (Å²) in [4.78, 5) is 54.9. The number of carbonyl (C=O) groups is 4. The average Bonchev–Trinajstić information content (AvgIpc) is 3.44. The number of hydrogen-bond donors (Lipinski definition) is 1.